The van der Waals surface area contributed by atoms with E-state index in [4.69, 9.17) is 16.3 Å². The zero-order chi connectivity index (χ0) is 17.4. The number of amides is 2. The Balaban J connectivity index is 1.88. The first-order chi connectivity index (χ1) is 11.6. The average Bonchev–Trinajstić information content (AvgIpc) is 2.59. The summed E-state index contributed by atoms with van der Waals surface area (Å²) < 4.78 is 5.46. The Morgan fingerprint density at radius 3 is 2.46 bits per heavy atom. The Kier molecular flexibility index (Phi) is 7.09. The lowest BCUT2D eigenvalue weighted by atomic mass is 10.1. The van der Waals surface area contributed by atoms with Crippen LogP contribution in [0.2, 0.25) is 5.02 Å². The second-order valence-corrected chi connectivity index (χ2v) is 5.94. The second kappa shape index (κ2) is 9.30. The van der Waals surface area contributed by atoms with Crippen molar-refractivity contribution in [2.75, 3.05) is 6.61 Å². The van der Waals surface area contributed by atoms with Gasteiger partial charge in [0, 0.05) is 18.2 Å². The molecule has 0 aliphatic carbocycles. The minimum atomic E-state index is -0.205. The van der Waals surface area contributed by atoms with Crippen LogP contribution in [-0.4, -0.2) is 12.6 Å². The molecule has 0 spiro atoms. The zero-order valence-electron chi connectivity index (χ0n) is 14.0. The van der Waals surface area contributed by atoms with Crippen LogP contribution in [0.4, 0.5) is 4.79 Å². The second-order valence-electron chi connectivity index (χ2n) is 5.51. The summed E-state index contributed by atoms with van der Waals surface area (Å²) in [5.41, 5.74) is 3.15. The van der Waals surface area contributed by atoms with E-state index in [2.05, 4.69) is 10.6 Å². The molecule has 0 heterocycles. The van der Waals surface area contributed by atoms with Gasteiger partial charge in [0.15, 0.2) is 0 Å². The number of carbonyl (C=O) groups is 1. The highest BCUT2D eigenvalue weighted by atomic mass is 35.5. The lowest BCUT2D eigenvalue weighted by molar-refractivity contribution is 0.133. The average molecular weight is 347 g/mol. The van der Waals surface area contributed by atoms with Crippen molar-refractivity contribution in [1.82, 2.24) is 10.6 Å². The molecule has 2 aromatic rings. The summed E-state index contributed by atoms with van der Waals surface area (Å²) in [6.07, 6.45) is 0. The molecule has 0 aliphatic heterocycles. The summed E-state index contributed by atoms with van der Waals surface area (Å²) in [6.45, 7) is 5.58. The maximum atomic E-state index is 12.1. The molecule has 0 bridgehead atoms. The monoisotopic (exact) mass is 346 g/mol. The summed E-state index contributed by atoms with van der Waals surface area (Å²) >= 11 is 5.88. The maximum Gasteiger partial charge on any atom is 0.315 e. The quantitative estimate of drug-likeness (QED) is 0.778. The van der Waals surface area contributed by atoms with E-state index in [1.54, 1.807) is 0 Å². The van der Waals surface area contributed by atoms with Gasteiger partial charge in [0.2, 0.25) is 0 Å². The van der Waals surface area contributed by atoms with Crippen LogP contribution in [0.1, 0.15) is 36.6 Å². The molecule has 5 heteroatoms. The van der Waals surface area contributed by atoms with E-state index < -0.39 is 0 Å². The van der Waals surface area contributed by atoms with E-state index in [9.17, 15) is 4.79 Å². The van der Waals surface area contributed by atoms with E-state index in [1.165, 1.54) is 0 Å². The number of halogens is 1. The van der Waals surface area contributed by atoms with Crippen LogP contribution in [0.25, 0.3) is 0 Å². The van der Waals surface area contributed by atoms with Gasteiger partial charge in [-0.05, 0) is 42.7 Å². The molecule has 2 aromatic carbocycles. The normalized spacial score (nSPS) is 11.8. The van der Waals surface area contributed by atoms with Gasteiger partial charge in [-0.2, -0.15) is 0 Å². The number of hydrogen-bond acceptors (Lipinski definition) is 2. The number of rotatable bonds is 7. The van der Waals surface area contributed by atoms with Crippen molar-refractivity contribution in [2.45, 2.75) is 33.0 Å². The van der Waals surface area contributed by atoms with E-state index in [-0.39, 0.29) is 12.1 Å². The maximum absolute atomic E-state index is 12.1. The fourth-order valence-electron chi connectivity index (χ4n) is 2.34. The molecule has 0 aliphatic rings. The highest BCUT2D eigenvalue weighted by Gasteiger charge is 2.10. The molecule has 0 saturated heterocycles. The molecule has 0 fully saturated rings. The van der Waals surface area contributed by atoms with Gasteiger partial charge in [0.25, 0.3) is 0 Å². The molecular formula is C19H23ClN2O2. The molecule has 2 rings (SSSR count). The fourth-order valence-corrected chi connectivity index (χ4v) is 2.47. The molecule has 128 valence electrons. The summed E-state index contributed by atoms with van der Waals surface area (Å²) in [5, 5.41) is 6.50. The summed E-state index contributed by atoms with van der Waals surface area (Å²) in [4.78, 5) is 12.1. The van der Waals surface area contributed by atoms with Crippen molar-refractivity contribution in [3.05, 3.63) is 70.2 Å². The molecule has 0 saturated carbocycles. The number of nitrogens with one attached hydrogen (secondary N) is 2. The first-order valence-electron chi connectivity index (χ1n) is 8.04. The Morgan fingerprint density at radius 2 is 1.79 bits per heavy atom. The Morgan fingerprint density at radius 1 is 1.12 bits per heavy atom. The fraction of sp³-hybridized carbons (Fsp3) is 0.316. The zero-order valence-corrected chi connectivity index (χ0v) is 14.8. The molecule has 1 atom stereocenters. The van der Waals surface area contributed by atoms with Crippen molar-refractivity contribution >= 4 is 17.6 Å². The van der Waals surface area contributed by atoms with Gasteiger partial charge in [0.05, 0.1) is 12.6 Å². The molecular weight excluding hydrogens is 324 g/mol. The van der Waals surface area contributed by atoms with Gasteiger partial charge in [-0.15, -0.1) is 0 Å². The molecule has 0 aromatic heterocycles. The van der Waals surface area contributed by atoms with E-state index in [1.807, 2.05) is 62.4 Å². The van der Waals surface area contributed by atoms with Crippen molar-refractivity contribution < 1.29 is 9.53 Å². The number of benzene rings is 2. The van der Waals surface area contributed by atoms with Crippen LogP contribution in [0.15, 0.2) is 48.5 Å². The van der Waals surface area contributed by atoms with Gasteiger partial charge >= 0.3 is 6.03 Å². The van der Waals surface area contributed by atoms with Crippen LogP contribution in [0, 0.1) is 0 Å². The minimum Gasteiger partial charge on any atom is -0.377 e. The molecule has 2 N–H and O–H groups in total. The Bertz CT molecular complexity index is 659. The van der Waals surface area contributed by atoms with Crippen LogP contribution >= 0.6 is 11.6 Å². The van der Waals surface area contributed by atoms with Crippen LogP contribution < -0.4 is 10.6 Å². The van der Waals surface area contributed by atoms with Gasteiger partial charge in [-0.1, -0.05) is 48.0 Å². The number of carbonyl (C=O) groups excluding carboxylic acids is 1. The van der Waals surface area contributed by atoms with Gasteiger partial charge in [0.1, 0.15) is 0 Å². The first-order valence-corrected chi connectivity index (χ1v) is 8.42. The van der Waals surface area contributed by atoms with Gasteiger partial charge in [-0.25, -0.2) is 4.79 Å². The lowest BCUT2D eigenvalue weighted by Crippen LogP contribution is -2.36. The van der Waals surface area contributed by atoms with Crippen molar-refractivity contribution in [3.8, 4) is 0 Å². The first kappa shape index (κ1) is 18.3. The summed E-state index contributed by atoms with van der Waals surface area (Å²) in [6, 6.07) is 15.1. The largest absolute Gasteiger partial charge is 0.377 e. The topological polar surface area (TPSA) is 50.4 Å². The Labute approximate surface area is 148 Å². The standard InChI is InChI=1S/C19H23ClN2O2/c1-3-24-13-17-7-5-4-6-16(17)12-21-19(23)22-14(2)15-8-10-18(20)11-9-15/h4-11,14H,3,12-13H2,1-2H3,(H2,21,22,23). The summed E-state index contributed by atoms with van der Waals surface area (Å²) in [5.74, 6) is 0. The molecule has 4 nitrogen and oxygen atoms in total. The number of ether oxygens (including phenoxy) is 1. The third-order valence-electron chi connectivity index (χ3n) is 3.74. The minimum absolute atomic E-state index is 0.0964. The third kappa shape index (κ3) is 5.55. The van der Waals surface area contributed by atoms with E-state index >= 15 is 0 Å². The highest BCUT2D eigenvalue weighted by Crippen LogP contribution is 2.16. The smallest absolute Gasteiger partial charge is 0.315 e. The van der Waals surface area contributed by atoms with Gasteiger partial charge < -0.3 is 15.4 Å². The SMILES string of the molecule is CCOCc1ccccc1CNC(=O)NC(C)c1ccc(Cl)cc1. The van der Waals surface area contributed by atoms with Gasteiger partial charge in [-0.3, -0.25) is 0 Å². The third-order valence-corrected chi connectivity index (χ3v) is 3.99. The molecule has 0 radical (unpaired) electrons. The van der Waals surface area contributed by atoms with Crippen molar-refractivity contribution in [3.63, 3.8) is 0 Å². The van der Waals surface area contributed by atoms with Crippen molar-refractivity contribution in [1.29, 1.82) is 0 Å². The van der Waals surface area contributed by atoms with Crippen molar-refractivity contribution in [2.24, 2.45) is 0 Å². The van der Waals surface area contributed by atoms with Crippen LogP contribution in [0.3, 0.4) is 0 Å². The lowest BCUT2D eigenvalue weighted by Gasteiger charge is -2.16. The van der Waals surface area contributed by atoms with E-state index in [0.717, 1.165) is 16.7 Å². The molecule has 24 heavy (non-hydrogen) atoms. The van der Waals surface area contributed by atoms with Crippen LogP contribution in [-0.2, 0) is 17.9 Å². The summed E-state index contributed by atoms with van der Waals surface area (Å²) in [7, 11) is 0. The van der Waals surface area contributed by atoms with Crippen LogP contribution in [0.5, 0.6) is 0 Å². The Hall–Kier alpha value is -2.04. The number of urea groups is 1. The number of hydrogen-bond donors (Lipinski definition) is 2. The highest BCUT2D eigenvalue weighted by molar-refractivity contribution is 6.30. The van der Waals surface area contributed by atoms with E-state index in [0.29, 0.717) is 24.8 Å². The molecule has 2 amide bonds. The predicted octanol–water partition coefficient (Wildman–Crippen LogP) is 4.44. The molecule has 1 unspecified atom stereocenters. The predicted molar refractivity (Wildman–Crippen MR) is 97.0 cm³/mol.